The average molecular weight is 324 g/mol. The second kappa shape index (κ2) is 6.42. The van der Waals surface area contributed by atoms with Crippen LogP contribution in [0.4, 0.5) is 0 Å². The Balaban J connectivity index is 1.86. The summed E-state index contributed by atoms with van der Waals surface area (Å²) in [5, 5.41) is 0. The smallest absolute Gasteiger partial charge is 0.323 e. The van der Waals surface area contributed by atoms with Gasteiger partial charge >= 0.3 is 11.9 Å². The number of rotatable bonds is 4. The molecule has 0 aromatic carbocycles. The van der Waals surface area contributed by atoms with Crippen molar-refractivity contribution in [2.24, 2.45) is 17.3 Å². The number of carbonyl (C=O) groups is 2. The number of esters is 2. The lowest BCUT2D eigenvalue weighted by molar-refractivity contribution is -0.173. The zero-order valence-corrected chi connectivity index (χ0v) is 14.3. The summed E-state index contributed by atoms with van der Waals surface area (Å²) in [5.41, 5.74) is -1.24. The third kappa shape index (κ3) is 2.67. The fourth-order valence-electron chi connectivity index (χ4n) is 5.01. The zero-order chi connectivity index (χ0) is 16.5. The highest BCUT2D eigenvalue weighted by atomic mass is 16.6. The highest BCUT2D eigenvalue weighted by Crippen LogP contribution is 2.59. The van der Waals surface area contributed by atoms with Gasteiger partial charge in [-0.2, -0.15) is 0 Å². The van der Waals surface area contributed by atoms with Crippen molar-refractivity contribution in [2.45, 2.75) is 64.4 Å². The molecule has 0 unspecified atom stereocenters. The first kappa shape index (κ1) is 16.7. The predicted molar refractivity (Wildman–Crippen MR) is 83.7 cm³/mol. The molecule has 130 valence electrons. The fourth-order valence-corrected chi connectivity index (χ4v) is 5.01. The first-order chi connectivity index (χ1) is 11.1. The van der Waals surface area contributed by atoms with E-state index in [1.54, 1.807) is 13.8 Å². The van der Waals surface area contributed by atoms with E-state index in [9.17, 15) is 9.59 Å². The van der Waals surface area contributed by atoms with Gasteiger partial charge in [-0.25, -0.2) is 0 Å². The fraction of sp³-hybridized carbons (Fsp3) is 0.889. The van der Waals surface area contributed by atoms with Crippen molar-refractivity contribution >= 4 is 11.9 Å². The van der Waals surface area contributed by atoms with Gasteiger partial charge in [0.05, 0.1) is 25.4 Å². The molecule has 23 heavy (non-hydrogen) atoms. The maximum Gasteiger partial charge on any atom is 0.323 e. The third-order valence-electron chi connectivity index (χ3n) is 6.04. The number of hydrogen-bond donors (Lipinski definition) is 0. The van der Waals surface area contributed by atoms with Crippen LogP contribution in [-0.4, -0.2) is 37.4 Å². The topological polar surface area (TPSA) is 61.8 Å². The maximum absolute atomic E-state index is 12.6. The minimum atomic E-state index is -1.12. The molecule has 1 aliphatic heterocycles. The molecular formula is C18H28O5. The van der Waals surface area contributed by atoms with Gasteiger partial charge in [-0.3, -0.25) is 9.59 Å². The van der Waals surface area contributed by atoms with Crippen LogP contribution in [0.25, 0.3) is 0 Å². The van der Waals surface area contributed by atoms with Crippen molar-refractivity contribution in [2.75, 3.05) is 19.8 Å². The molecule has 3 fully saturated rings. The van der Waals surface area contributed by atoms with Crippen LogP contribution in [0.2, 0.25) is 0 Å². The Morgan fingerprint density at radius 1 is 1.00 bits per heavy atom. The summed E-state index contributed by atoms with van der Waals surface area (Å²) < 4.78 is 16.7. The van der Waals surface area contributed by atoms with Crippen LogP contribution in [0.15, 0.2) is 0 Å². The van der Waals surface area contributed by atoms with Crippen LogP contribution in [0.3, 0.4) is 0 Å². The van der Waals surface area contributed by atoms with Gasteiger partial charge in [-0.05, 0) is 51.4 Å². The van der Waals surface area contributed by atoms with Gasteiger partial charge in [0.2, 0.25) is 0 Å². The first-order valence-electron chi connectivity index (χ1n) is 9.06. The van der Waals surface area contributed by atoms with Crippen molar-refractivity contribution < 1.29 is 23.8 Å². The highest BCUT2D eigenvalue weighted by molar-refractivity contribution is 6.00. The molecule has 0 aromatic heterocycles. The van der Waals surface area contributed by atoms with E-state index < -0.39 is 17.4 Å². The van der Waals surface area contributed by atoms with E-state index in [1.807, 2.05) is 0 Å². The lowest BCUT2D eigenvalue weighted by atomic mass is 9.72. The Morgan fingerprint density at radius 3 is 2.17 bits per heavy atom. The Hall–Kier alpha value is -1.10. The van der Waals surface area contributed by atoms with Crippen molar-refractivity contribution in [3.8, 4) is 0 Å². The van der Waals surface area contributed by atoms with Crippen LogP contribution in [0.1, 0.15) is 58.8 Å². The van der Waals surface area contributed by atoms with Crippen LogP contribution in [0.5, 0.6) is 0 Å². The van der Waals surface area contributed by atoms with Gasteiger partial charge in [0.1, 0.15) is 0 Å². The van der Waals surface area contributed by atoms with E-state index >= 15 is 0 Å². The summed E-state index contributed by atoms with van der Waals surface area (Å²) in [6.07, 6.45) is 6.74. The van der Waals surface area contributed by atoms with Crippen molar-refractivity contribution in [1.82, 2.24) is 0 Å². The molecule has 2 atom stereocenters. The van der Waals surface area contributed by atoms with Crippen LogP contribution >= 0.6 is 0 Å². The van der Waals surface area contributed by atoms with E-state index in [1.165, 1.54) is 19.3 Å². The lowest BCUT2D eigenvalue weighted by Crippen LogP contribution is -2.44. The molecule has 0 amide bonds. The molecule has 1 spiro atoms. The summed E-state index contributed by atoms with van der Waals surface area (Å²) in [6.45, 7) is 4.79. The molecule has 1 saturated heterocycles. The van der Waals surface area contributed by atoms with Crippen LogP contribution in [0, 0.1) is 17.3 Å². The Labute approximate surface area is 138 Å². The number of fused-ring (bicyclic) bond motifs is 2. The molecule has 0 radical (unpaired) electrons. The minimum Gasteiger partial charge on any atom is -0.465 e. The minimum absolute atomic E-state index is 0.121. The van der Waals surface area contributed by atoms with Crippen molar-refractivity contribution in [3.63, 3.8) is 0 Å². The molecule has 0 aromatic rings. The Morgan fingerprint density at radius 2 is 1.61 bits per heavy atom. The summed E-state index contributed by atoms with van der Waals surface area (Å²) in [4.78, 5) is 25.2. The second-order valence-electron chi connectivity index (χ2n) is 7.23. The first-order valence-corrected chi connectivity index (χ1v) is 9.06. The molecule has 1 heterocycles. The number of ether oxygens (including phenoxy) is 3. The lowest BCUT2D eigenvalue weighted by Gasteiger charge is -2.38. The second-order valence-corrected chi connectivity index (χ2v) is 7.23. The van der Waals surface area contributed by atoms with Crippen molar-refractivity contribution in [3.05, 3.63) is 0 Å². The summed E-state index contributed by atoms with van der Waals surface area (Å²) in [5.74, 6) is -0.267. The maximum atomic E-state index is 12.6. The van der Waals surface area contributed by atoms with Gasteiger partial charge < -0.3 is 14.2 Å². The van der Waals surface area contributed by atoms with Gasteiger partial charge in [-0.15, -0.1) is 0 Å². The van der Waals surface area contributed by atoms with Gasteiger partial charge in [0.15, 0.2) is 5.41 Å². The molecular weight excluding hydrogens is 296 g/mol. The Kier molecular flexibility index (Phi) is 4.68. The molecule has 2 saturated carbocycles. The normalized spacial score (nSPS) is 30.9. The van der Waals surface area contributed by atoms with E-state index in [-0.39, 0.29) is 30.7 Å². The van der Waals surface area contributed by atoms with Crippen molar-refractivity contribution in [1.29, 1.82) is 0 Å². The zero-order valence-electron chi connectivity index (χ0n) is 14.3. The summed E-state index contributed by atoms with van der Waals surface area (Å²) in [7, 11) is 0. The number of carbonyl (C=O) groups excluding carboxylic acids is 2. The van der Waals surface area contributed by atoms with Crippen LogP contribution < -0.4 is 0 Å². The quantitative estimate of drug-likeness (QED) is 0.588. The average Bonchev–Trinajstić information content (AvgIpc) is 3.08. The van der Waals surface area contributed by atoms with E-state index in [0.29, 0.717) is 19.4 Å². The third-order valence-corrected chi connectivity index (χ3v) is 6.04. The molecule has 2 aliphatic carbocycles. The summed E-state index contributed by atoms with van der Waals surface area (Å²) >= 11 is 0. The predicted octanol–water partition coefficient (Wildman–Crippen LogP) is 2.86. The molecule has 0 bridgehead atoms. The number of hydrogen-bond acceptors (Lipinski definition) is 5. The van der Waals surface area contributed by atoms with E-state index in [0.717, 1.165) is 12.8 Å². The van der Waals surface area contributed by atoms with Crippen LogP contribution in [-0.2, 0) is 23.8 Å². The largest absolute Gasteiger partial charge is 0.465 e. The molecule has 0 N–H and O–H groups in total. The molecule has 3 rings (SSSR count). The van der Waals surface area contributed by atoms with E-state index in [4.69, 9.17) is 14.2 Å². The molecule has 3 aliphatic rings. The standard InChI is InChI=1S/C18H28O5/c1-3-21-15(19)17(16(20)22-4-2)10-13-12-23-18(14(13)11-17)8-6-5-7-9-18/h13-14H,3-12H2,1-2H3/t13-,14-/m0/s1. The monoisotopic (exact) mass is 324 g/mol. The highest BCUT2D eigenvalue weighted by Gasteiger charge is 2.64. The van der Waals surface area contributed by atoms with E-state index in [2.05, 4.69) is 0 Å². The van der Waals surface area contributed by atoms with Gasteiger partial charge in [0.25, 0.3) is 0 Å². The molecule has 5 nitrogen and oxygen atoms in total. The Bertz CT molecular complexity index is 443. The van der Waals surface area contributed by atoms with Gasteiger partial charge in [0, 0.05) is 0 Å². The molecule has 5 heteroatoms. The summed E-state index contributed by atoms with van der Waals surface area (Å²) in [6, 6.07) is 0. The SMILES string of the molecule is CCOC(=O)C1(C(=O)OCC)C[C@H]2COC3(CCCCC3)[C@H]2C1. The van der Waals surface area contributed by atoms with Gasteiger partial charge in [-0.1, -0.05) is 19.3 Å².